The molecule has 224 valence electrons. The van der Waals surface area contributed by atoms with Gasteiger partial charge < -0.3 is 26.6 Å². The van der Waals surface area contributed by atoms with E-state index in [2.05, 4.69) is 26.1 Å². The van der Waals surface area contributed by atoms with Crippen LogP contribution < -0.4 is 16.8 Å². The summed E-state index contributed by atoms with van der Waals surface area (Å²) in [5.74, 6) is 0.755. The zero-order chi connectivity index (χ0) is 28.9. The first-order chi connectivity index (χ1) is 19.1. The van der Waals surface area contributed by atoms with E-state index in [9.17, 15) is 9.59 Å². The molecule has 8 heteroatoms. The normalized spacial score (nSPS) is 28.4. The summed E-state index contributed by atoms with van der Waals surface area (Å²) in [7, 11) is 0. The molecule has 40 heavy (non-hydrogen) atoms. The molecular formula is C32H52ClN5O2. The average Bonchev–Trinajstić information content (AvgIpc) is 2.95. The largest absolute Gasteiger partial charge is 0.341 e. The van der Waals surface area contributed by atoms with Crippen molar-refractivity contribution in [1.82, 2.24) is 15.1 Å². The highest BCUT2D eigenvalue weighted by atomic mass is 35.5. The molecule has 4 atom stereocenters. The average molecular weight is 574 g/mol. The molecule has 0 bridgehead atoms. The minimum absolute atomic E-state index is 0.0586. The van der Waals surface area contributed by atoms with Gasteiger partial charge in [0.2, 0.25) is 5.91 Å². The Balaban J connectivity index is 1.43. The molecule has 2 saturated carbocycles. The zero-order valence-electron chi connectivity index (χ0n) is 24.9. The first-order valence-corrected chi connectivity index (χ1v) is 16.2. The van der Waals surface area contributed by atoms with Crippen molar-refractivity contribution in [2.24, 2.45) is 29.2 Å². The smallest absolute Gasteiger partial charge is 0.317 e. The molecule has 1 aromatic rings. The van der Waals surface area contributed by atoms with E-state index in [0.717, 1.165) is 50.5 Å². The third-order valence-electron chi connectivity index (χ3n) is 10.2. The Bertz CT molecular complexity index is 976. The van der Waals surface area contributed by atoms with Gasteiger partial charge in [0.05, 0.1) is 0 Å². The third-order valence-corrected chi connectivity index (χ3v) is 10.5. The Kier molecular flexibility index (Phi) is 10.8. The number of piperidine rings is 1. The summed E-state index contributed by atoms with van der Waals surface area (Å²) in [6.45, 7) is 8.50. The summed E-state index contributed by atoms with van der Waals surface area (Å²) in [4.78, 5) is 31.5. The number of halogens is 1. The summed E-state index contributed by atoms with van der Waals surface area (Å²) < 4.78 is 0. The summed E-state index contributed by atoms with van der Waals surface area (Å²) >= 11 is 6.14. The second kappa shape index (κ2) is 13.9. The van der Waals surface area contributed by atoms with Crippen LogP contribution in [0.25, 0.3) is 0 Å². The molecule has 7 nitrogen and oxygen atoms in total. The first-order valence-electron chi connectivity index (χ1n) is 15.8. The molecule has 3 unspecified atom stereocenters. The lowest BCUT2D eigenvalue weighted by molar-refractivity contribution is -0.143. The molecule has 0 spiro atoms. The van der Waals surface area contributed by atoms with Gasteiger partial charge in [0.25, 0.3) is 0 Å². The summed E-state index contributed by atoms with van der Waals surface area (Å²) in [5, 5.41) is 3.99. The van der Waals surface area contributed by atoms with Crippen LogP contribution in [0, 0.1) is 17.8 Å². The van der Waals surface area contributed by atoms with Gasteiger partial charge in [-0.15, -0.1) is 0 Å². The van der Waals surface area contributed by atoms with Gasteiger partial charge in [0, 0.05) is 42.8 Å². The second-order valence-corrected chi connectivity index (χ2v) is 13.4. The Morgan fingerprint density at radius 3 is 2.33 bits per heavy atom. The predicted molar refractivity (Wildman–Crippen MR) is 163 cm³/mol. The standard InChI is InChI=1S/C32H52ClN5O2/c1-4-38(31(40)36-28-8-6-5-7-9-28)23(3)29-18-19-37(21-22(29)2)30(39)32(35,25-12-16-27(34)17-13-25)20-24-10-14-26(33)15-11-24/h10-11,14-15,22-23,25,27-29H,4-9,12-13,16-21,34-35H2,1-3H3,(H,36,40)/t22?,23?,25?,27?,29?,32-/m0/s1. The van der Waals surface area contributed by atoms with Crippen LogP contribution in [-0.2, 0) is 11.2 Å². The number of benzene rings is 1. The fraction of sp³-hybridized carbons (Fsp3) is 0.750. The lowest BCUT2D eigenvalue weighted by Gasteiger charge is -2.47. The summed E-state index contributed by atoms with van der Waals surface area (Å²) in [6, 6.07) is 8.38. The number of carbonyl (C=O) groups excluding carboxylic acids is 2. The fourth-order valence-electron chi connectivity index (χ4n) is 7.68. The highest BCUT2D eigenvalue weighted by molar-refractivity contribution is 6.30. The number of likely N-dealkylation sites (tertiary alicyclic amines) is 1. The van der Waals surface area contributed by atoms with Crippen molar-refractivity contribution in [2.45, 2.75) is 115 Å². The molecule has 3 fully saturated rings. The van der Waals surface area contributed by atoms with Gasteiger partial charge in [-0.25, -0.2) is 4.79 Å². The van der Waals surface area contributed by atoms with Gasteiger partial charge in [0.1, 0.15) is 5.54 Å². The molecule has 1 aromatic carbocycles. The van der Waals surface area contributed by atoms with Gasteiger partial charge in [-0.3, -0.25) is 4.79 Å². The van der Waals surface area contributed by atoms with Crippen molar-refractivity contribution in [3.05, 3.63) is 34.9 Å². The summed E-state index contributed by atoms with van der Waals surface area (Å²) in [5.41, 5.74) is 13.5. The van der Waals surface area contributed by atoms with Crippen LogP contribution in [-0.4, -0.2) is 65.0 Å². The molecule has 3 aliphatic rings. The fourth-order valence-corrected chi connectivity index (χ4v) is 7.81. The number of hydrogen-bond donors (Lipinski definition) is 3. The molecule has 3 amide bonds. The van der Waals surface area contributed by atoms with Crippen molar-refractivity contribution in [1.29, 1.82) is 0 Å². The third kappa shape index (κ3) is 7.32. The Morgan fingerprint density at radius 1 is 1.07 bits per heavy atom. The van der Waals surface area contributed by atoms with Crippen molar-refractivity contribution < 1.29 is 9.59 Å². The number of nitrogens with zero attached hydrogens (tertiary/aromatic N) is 2. The SMILES string of the molecule is CCN(C(=O)NC1CCCCC1)C(C)C1CCN(C(=O)[C@](N)(Cc2ccc(Cl)cc2)C2CCC(N)CC2)CC1C. The van der Waals surface area contributed by atoms with E-state index in [-0.39, 0.29) is 35.9 Å². The van der Waals surface area contributed by atoms with Crippen LogP contribution in [0.5, 0.6) is 0 Å². The number of hydrogen-bond acceptors (Lipinski definition) is 4. The van der Waals surface area contributed by atoms with Crippen LogP contribution in [0.3, 0.4) is 0 Å². The van der Waals surface area contributed by atoms with Crippen molar-refractivity contribution in [3.63, 3.8) is 0 Å². The van der Waals surface area contributed by atoms with E-state index in [1.807, 2.05) is 34.1 Å². The molecule has 4 rings (SSSR count). The summed E-state index contributed by atoms with van der Waals surface area (Å²) in [6.07, 6.45) is 10.8. The molecule has 2 aliphatic carbocycles. The molecule has 0 radical (unpaired) electrons. The maximum Gasteiger partial charge on any atom is 0.317 e. The molecule has 1 heterocycles. The highest BCUT2D eigenvalue weighted by Gasteiger charge is 2.47. The Morgan fingerprint density at radius 2 is 1.73 bits per heavy atom. The van der Waals surface area contributed by atoms with Gasteiger partial charge in [0.15, 0.2) is 0 Å². The molecular weight excluding hydrogens is 522 g/mol. The van der Waals surface area contributed by atoms with Crippen LogP contribution in [0.15, 0.2) is 24.3 Å². The van der Waals surface area contributed by atoms with Gasteiger partial charge in [-0.05, 0) is 101 Å². The maximum absolute atomic E-state index is 14.3. The minimum atomic E-state index is -0.971. The number of nitrogens with one attached hydrogen (secondary N) is 1. The van der Waals surface area contributed by atoms with E-state index in [1.54, 1.807) is 0 Å². The number of nitrogens with two attached hydrogens (primary N) is 2. The van der Waals surface area contributed by atoms with Crippen LogP contribution >= 0.6 is 11.6 Å². The molecule has 0 aromatic heterocycles. The van der Waals surface area contributed by atoms with Crippen LogP contribution in [0.1, 0.15) is 90.5 Å². The molecule has 5 N–H and O–H groups in total. The van der Waals surface area contributed by atoms with Gasteiger partial charge in [-0.1, -0.05) is 49.9 Å². The first kappa shape index (κ1) is 31.1. The minimum Gasteiger partial charge on any atom is -0.341 e. The van der Waals surface area contributed by atoms with E-state index in [4.69, 9.17) is 23.1 Å². The molecule has 1 aliphatic heterocycles. The van der Waals surface area contributed by atoms with Crippen molar-refractivity contribution in [2.75, 3.05) is 19.6 Å². The monoisotopic (exact) mass is 573 g/mol. The Labute approximate surface area is 246 Å². The number of amides is 3. The second-order valence-electron chi connectivity index (χ2n) is 12.9. The number of carbonyl (C=O) groups is 2. The topological polar surface area (TPSA) is 105 Å². The zero-order valence-corrected chi connectivity index (χ0v) is 25.7. The maximum atomic E-state index is 14.3. The van der Waals surface area contributed by atoms with Crippen molar-refractivity contribution in [3.8, 4) is 0 Å². The quantitative estimate of drug-likeness (QED) is 0.390. The van der Waals surface area contributed by atoms with E-state index in [0.29, 0.717) is 43.0 Å². The van der Waals surface area contributed by atoms with Crippen LogP contribution in [0.2, 0.25) is 5.02 Å². The van der Waals surface area contributed by atoms with Crippen molar-refractivity contribution >= 4 is 23.5 Å². The molecule has 1 saturated heterocycles. The van der Waals surface area contributed by atoms with E-state index >= 15 is 0 Å². The number of rotatable bonds is 8. The lowest BCUT2D eigenvalue weighted by atomic mass is 9.70. The lowest BCUT2D eigenvalue weighted by Crippen LogP contribution is -2.64. The number of urea groups is 1. The van der Waals surface area contributed by atoms with Crippen LogP contribution in [0.4, 0.5) is 4.79 Å². The van der Waals surface area contributed by atoms with E-state index < -0.39 is 5.54 Å². The van der Waals surface area contributed by atoms with Gasteiger partial charge in [-0.2, -0.15) is 0 Å². The highest BCUT2D eigenvalue weighted by Crippen LogP contribution is 2.37. The predicted octanol–water partition coefficient (Wildman–Crippen LogP) is 5.33. The Hall–Kier alpha value is -1.83. The van der Waals surface area contributed by atoms with E-state index in [1.165, 1.54) is 19.3 Å². The van der Waals surface area contributed by atoms with Gasteiger partial charge >= 0.3 is 6.03 Å².